The molecule has 0 atom stereocenters. The van der Waals surface area contributed by atoms with Crippen molar-refractivity contribution in [3.05, 3.63) is 29.8 Å². The second-order valence-corrected chi connectivity index (χ2v) is 7.64. The minimum Gasteiger partial charge on any atom is -0.332 e. The average Bonchev–Trinajstić information content (AvgIpc) is 2.54. The lowest BCUT2D eigenvalue weighted by Gasteiger charge is -2.31. The Labute approximate surface area is 133 Å². The number of nitrogens with zero attached hydrogens (tertiary/aromatic N) is 2. The minimum absolute atomic E-state index is 0.382. The van der Waals surface area contributed by atoms with Crippen molar-refractivity contribution in [3.8, 4) is 6.07 Å². The molecule has 1 aliphatic heterocycles. The van der Waals surface area contributed by atoms with Crippen LogP contribution in [0.4, 0.5) is 0 Å². The van der Waals surface area contributed by atoms with Crippen LogP contribution >= 0.6 is 0 Å². The summed E-state index contributed by atoms with van der Waals surface area (Å²) in [7, 11) is -3.38. The first kappa shape index (κ1) is 16.9. The summed E-state index contributed by atoms with van der Waals surface area (Å²) in [6.45, 7) is 5.51. The van der Waals surface area contributed by atoms with E-state index in [0.29, 0.717) is 24.4 Å². The summed E-state index contributed by atoms with van der Waals surface area (Å²) >= 11 is 0. The van der Waals surface area contributed by atoms with Gasteiger partial charge in [0.1, 0.15) is 0 Å². The molecule has 22 heavy (non-hydrogen) atoms. The number of benzene rings is 1. The van der Waals surface area contributed by atoms with Crippen LogP contribution in [0.25, 0.3) is 0 Å². The van der Waals surface area contributed by atoms with Crippen molar-refractivity contribution in [3.63, 3.8) is 0 Å². The molecule has 1 fully saturated rings. The van der Waals surface area contributed by atoms with E-state index in [0.717, 1.165) is 32.5 Å². The first-order valence-corrected chi connectivity index (χ1v) is 9.31. The summed E-state index contributed by atoms with van der Waals surface area (Å²) in [5, 5.41) is 8.62. The highest BCUT2D eigenvalue weighted by Crippen LogP contribution is 2.17. The number of nitrogens with one attached hydrogen (secondary N) is 1. The van der Waals surface area contributed by atoms with Crippen molar-refractivity contribution in [2.45, 2.75) is 31.1 Å². The maximum Gasteiger partial charge on any atom is 0.243 e. The molecule has 0 bridgehead atoms. The van der Waals surface area contributed by atoms with E-state index in [2.05, 4.69) is 13.0 Å². The fourth-order valence-corrected chi connectivity index (χ4v) is 4.23. The Bertz CT molecular complexity index is 612. The molecule has 0 amide bonds. The van der Waals surface area contributed by atoms with E-state index in [4.69, 9.17) is 5.26 Å². The van der Waals surface area contributed by atoms with Gasteiger partial charge in [0.2, 0.25) is 10.0 Å². The van der Waals surface area contributed by atoms with E-state index in [1.165, 1.54) is 10.5 Å². The Morgan fingerprint density at radius 2 is 1.86 bits per heavy atom. The van der Waals surface area contributed by atoms with E-state index in [9.17, 15) is 8.42 Å². The molecule has 0 radical (unpaired) electrons. The molecule has 0 aliphatic carbocycles. The highest BCUT2D eigenvalue weighted by atomic mass is 32.2. The molecule has 5 nitrogen and oxygen atoms in total. The Balaban J connectivity index is 2.00. The molecule has 1 saturated heterocycles. The SMILES string of the molecule is CCCc1ccc(S(=O)(=O)N2CC[NH+](CCC#N)CC2)cc1. The van der Waals surface area contributed by atoms with Crippen LogP contribution in [0.3, 0.4) is 0 Å². The van der Waals surface area contributed by atoms with Gasteiger partial charge in [0, 0.05) is 0 Å². The molecular weight excluding hydrogens is 298 g/mol. The first-order chi connectivity index (χ1) is 10.6. The van der Waals surface area contributed by atoms with E-state index in [-0.39, 0.29) is 0 Å². The van der Waals surface area contributed by atoms with Gasteiger partial charge in [0.05, 0.1) is 50.1 Å². The third kappa shape index (κ3) is 4.07. The summed E-state index contributed by atoms with van der Waals surface area (Å²) in [5.74, 6) is 0. The molecule has 120 valence electrons. The molecule has 1 N–H and O–H groups in total. The predicted octanol–water partition coefficient (Wildman–Crippen LogP) is 0.442. The lowest BCUT2D eigenvalue weighted by atomic mass is 10.1. The van der Waals surface area contributed by atoms with Gasteiger partial charge >= 0.3 is 0 Å². The van der Waals surface area contributed by atoms with Crippen LogP contribution in [0, 0.1) is 11.3 Å². The number of sulfonamides is 1. The van der Waals surface area contributed by atoms with E-state index in [1.807, 2.05) is 12.1 Å². The van der Waals surface area contributed by atoms with E-state index >= 15 is 0 Å². The summed E-state index contributed by atoms with van der Waals surface area (Å²) in [6.07, 6.45) is 2.56. The second-order valence-electron chi connectivity index (χ2n) is 5.71. The number of aryl methyl sites for hydroxylation is 1. The van der Waals surface area contributed by atoms with Gasteiger partial charge in [-0.25, -0.2) is 8.42 Å². The van der Waals surface area contributed by atoms with Crippen molar-refractivity contribution < 1.29 is 13.3 Å². The number of quaternary nitrogens is 1. The molecule has 1 aromatic rings. The molecule has 0 unspecified atom stereocenters. The van der Waals surface area contributed by atoms with Gasteiger partial charge in [-0.3, -0.25) is 0 Å². The van der Waals surface area contributed by atoms with Gasteiger partial charge in [0.25, 0.3) is 0 Å². The third-order valence-electron chi connectivity index (χ3n) is 4.12. The van der Waals surface area contributed by atoms with Crippen molar-refractivity contribution in [1.29, 1.82) is 5.26 Å². The highest BCUT2D eigenvalue weighted by molar-refractivity contribution is 7.89. The smallest absolute Gasteiger partial charge is 0.243 e. The first-order valence-electron chi connectivity index (χ1n) is 7.87. The number of rotatable bonds is 6. The quantitative estimate of drug-likeness (QED) is 0.826. The standard InChI is InChI=1S/C16H23N3O2S/c1-2-4-15-5-7-16(8-6-15)22(20,21)19-13-11-18(12-14-19)10-3-9-17/h5-8H,2-4,10-14H2,1H3/p+1. The van der Waals surface area contributed by atoms with E-state index < -0.39 is 10.0 Å². The van der Waals surface area contributed by atoms with Gasteiger partial charge in [-0.1, -0.05) is 25.5 Å². The summed E-state index contributed by atoms with van der Waals surface area (Å²) in [5.41, 5.74) is 1.17. The van der Waals surface area contributed by atoms with Gasteiger partial charge in [-0.2, -0.15) is 9.57 Å². The zero-order valence-electron chi connectivity index (χ0n) is 13.1. The predicted molar refractivity (Wildman–Crippen MR) is 85.0 cm³/mol. The van der Waals surface area contributed by atoms with Gasteiger partial charge in [0.15, 0.2) is 0 Å². The summed E-state index contributed by atoms with van der Waals surface area (Å²) in [6, 6.07) is 9.40. The maximum absolute atomic E-state index is 12.6. The number of piperazine rings is 1. The van der Waals surface area contributed by atoms with Crippen molar-refractivity contribution >= 4 is 10.0 Å². The fourth-order valence-electron chi connectivity index (χ4n) is 2.79. The minimum atomic E-state index is -3.38. The zero-order chi connectivity index (χ0) is 16.0. The van der Waals surface area contributed by atoms with Crippen LogP contribution < -0.4 is 4.90 Å². The van der Waals surface area contributed by atoms with Crippen LogP contribution in [0.2, 0.25) is 0 Å². The largest absolute Gasteiger partial charge is 0.332 e. The molecule has 1 aliphatic rings. The molecule has 2 rings (SSSR count). The van der Waals surface area contributed by atoms with Crippen molar-refractivity contribution in [2.75, 3.05) is 32.7 Å². The highest BCUT2D eigenvalue weighted by Gasteiger charge is 2.30. The van der Waals surface area contributed by atoms with Gasteiger partial charge in [-0.05, 0) is 24.1 Å². The fraction of sp³-hybridized carbons (Fsp3) is 0.562. The van der Waals surface area contributed by atoms with E-state index in [1.54, 1.807) is 16.4 Å². The lowest BCUT2D eigenvalue weighted by Crippen LogP contribution is -3.14. The maximum atomic E-state index is 12.6. The van der Waals surface area contributed by atoms with Crippen LogP contribution in [-0.2, 0) is 16.4 Å². The molecular formula is C16H24N3O2S+. The zero-order valence-corrected chi connectivity index (χ0v) is 13.9. The molecule has 0 aromatic heterocycles. The Hall–Kier alpha value is -1.42. The molecule has 1 heterocycles. The summed E-state index contributed by atoms with van der Waals surface area (Å²) in [4.78, 5) is 1.69. The second kappa shape index (κ2) is 7.73. The topological polar surface area (TPSA) is 65.6 Å². The third-order valence-corrected chi connectivity index (χ3v) is 6.03. The van der Waals surface area contributed by atoms with Crippen molar-refractivity contribution in [2.24, 2.45) is 0 Å². The number of nitriles is 1. The molecule has 1 aromatic carbocycles. The molecule has 6 heteroatoms. The Morgan fingerprint density at radius 3 is 2.41 bits per heavy atom. The van der Waals surface area contributed by atoms with Gasteiger partial charge in [-0.15, -0.1) is 0 Å². The number of hydrogen-bond donors (Lipinski definition) is 1. The number of hydrogen-bond acceptors (Lipinski definition) is 3. The van der Waals surface area contributed by atoms with Crippen molar-refractivity contribution in [1.82, 2.24) is 4.31 Å². The van der Waals surface area contributed by atoms with Crippen LogP contribution in [0.1, 0.15) is 25.3 Å². The Morgan fingerprint density at radius 1 is 1.23 bits per heavy atom. The lowest BCUT2D eigenvalue weighted by molar-refractivity contribution is -0.903. The normalized spacial score (nSPS) is 17.3. The van der Waals surface area contributed by atoms with Gasteiger partial charge < -0.3 is 4.90 Å². The molecule has 0 saturated carbocycles. The van der Waals surface area contributed by atoms with Crippen LogP contribution in [0.5, 0.6) is 0 Å². The summed E-state index contributed by atoms with van der Waals surface area (Å²) < 4.78 is 26.9. The monoisotopic (exact) mass is 322 g/mol. The Kier molecular flexibility index (Phi) is 5.95. The molecule has 0 spiro atoms. The average molecular weight is 322 g/mol. The van der Waals surface area contributed by atoms with Crippen LogP contribution in [-0.4, -0.2) is 45.4 Å². The van der Waals surface area contributed by atoms with Crippen LogP contribution in [0.15, 0.2) is 29.2 Å².